The molecule has 1 aliphatic carbocycles. The standard InChI is InChI=1S/C31H40N7.Ac/c1-4-5-19-32-26-15-17-27(18-16-26)35-31-36-29(28-30(37-31)38(21-34-28)22(2)3)33-20-23-11-13-25(14-12-23)24-9-7-6-8-10-24;/h6-14,21-22,26-27H,4-5,15-20H2,1-3H3,(H2,33,35,36,37);/q-1;. The normalized spacial score (nSPS) is 17.2. The summed E-state index contributed by atoms with van der Waals surface area (Å²) in [5.74, 6) is 1.44. The number of benzene rings is 2. The molecule has 0 spiro atoms. The average Bonchev–Trinajstić information content (AvgIpc) is 3.38. The van der Waals surface area contributed by atoms with E-state index in [0.29, 0.717) is 24.6 Å². The summed E-state index contributed by atoms with van der Waals surface area (Å²) in [4.78, 5) is 14.5. The molecule has 0 bridgehead atoms. The zero-order chi connectivity index (χ0) is 26.3. The zero-order valence-corrected chi connectivity index (χ0v) is 28.2. The van der Waals surface area contributed by atoms with Gasteiger partial charge in [0.2, 0.25) is 5.95 Å². The van der Waals surface area contributed by atoms with Gasteiger partial charge in [0.15, 0.2) is 17.0 Å². The van der Waals surface area contributed by atoms with Gasteiger partial charge < -0.3 is 20.5 Å². The molecule has 0 saturated heterocycles. The number of aromatic nitrogens is 4. The summed E-state index contributed by atoms with van der Waals surface area (Å²) in [5, 5.41) is 12.1. The van der Waals surface area contributed by atoms with E-state index < -0.39 is 0 Å². The minimum Gasteiger partial charge on any atom is -0.660 e. The van der Waals surface area contributed by atoms with Crippen LogP contribution in [0.3, 0.4) is 0 Å². The van der Waals surface area contributed by atoms with E-state index in [2.05, 4.69) is 89.5 Å². The van der Waals surface area contributed by atoms with Crippen molar-refractivity contribution in [2.24, 2.45) is 0 Å². The first-order valence-corrected chi connectivity index (χ1v) is 14.2. The second kappa shape index (κ2) is 14.6. The van der Waals surface area contributed by atoms with Gasteiger partial charge in [-0.25, -0.2) is 4.98 Å². The van der Waals surface area contributed by atoms with Crippen LogP contribution in [0.25, 0.3) is 27.6 Å². The summed E-state index contributed by atoms with van der Waals surface area (Å²) < 4.78 is 2.12. The maximum atomic E-state index is 4.91. The molecule has 203 valence electrons. The van der Waals surface area contributed by atoms with E-state index in [1.165, 1.54) is 29.5 Å². The second-order valence-electron chi connectivity index (χ2n) is 10.6. The van der Waals surface area contributed by atoms with E-state index in [0.717, 1.165) is 49.2 Å². The van der Waals surface area contributed by atoms with Crippen LogP contribution >= 0.6 is 0 Å². The Hall–Kier alpha value is -2.01. The van der Waals surface area contributed by atoms with Gasteiger partial charge in [0.1, 0.15) is 0 Å². The Bertz CT molecular complexity index is 1300. The summed E-state index contributed by atoms with van der Waals surface area (Å²) >= 11 is 0. The molecule has 0 aliphatic heterocycles. The topological polar surface area (TPSA) is 81.8 Å². The molecule has 8 heteroatoms. The molecule has 4 aromatic rings. The van der Waals surface area contributed by atoms with Crippen LogP contribution < -0.4 is 10.6 Å². The minimum atomic E-state index is 0. The number of nitrogens with one attached hydrogen (secondary N) is 2. The van der Waals surface area contributed by atoms with Gasteiger partial charge in [-0.05, 0) is 43.4 Å². The van der Waals surface area contributed by atoms with Crippen LogP contribution in [0.5, 0.6) is 0 Å². The summed E-state index contributed by atoms with van der Waals surface area (Å²) in [6, 6.07) is 20.3. The van der Waals surface area contributed by atoms with Crippen molar-refractivity contribution in [3.8, 4) is 11.1 Å². The summed E-state index contributed by atoms with van der Waals surface area (Å²) in [5.41, 5.74) is 5.31. The van der Waals surface area contributed by atoms with Gasteiger partial charge in [0.05, 0.1) is 6.33 Å². The number of rotatable bonds is 11. The van der Waals surface area contributed by atoms with Gasteiger partial charge in [-0.3, -0.25) is 0 Å². The fourth-order valence-corrected chi connectivity index (χ4v) is 5.13. The van der Waals surface area contributed by atoms with Crippen molar-refractivity contribution in [2.75, 3.05) is 17.2 Å². The number of anilines is 2. The van der Waals surface area contributed by atoms with Crippen LogP contribution in [-0.4, -0.2) is 38.1 Å². The molecule has 0 atom stereocenters. The Balaban J connectivity index is 0.00000353. The molecular formula is C31H40AcN7-. The third-order valence-corrected chi connectivity index (χ3v) is 7.43. The first kappa shape index (κ1) is 30.0. The van der Waals surface area contributed by atoms with Crippen molar-refractivity contribution in [3.63, 3.8) is 0 Å². The van der Waals surface area contributed by atoms with E-state index in [1.807, 2.05) is 12.4 Å². The van der Waals surface area contributed by atoms with Crippen molar-refractivity contribution in [3.05, 3.63) is 71.8 Å². The first-order chi connectivity index (χ1) is 18.6. The molecule has 0 amide bonds. The number of hydrogen-bond acceptors (Lipinski definition) is 5. The third-order valence-electron chi connectivity index (χ3n) is 7.43. The molecule has 39 heavy (non-hydrogen) atoms. The van der Waals surface area contributed by atoms with Gasteiger partial charge in [0.25, 0.3) is 0 Å². The Kier molecular flexibility index (Phi) is 11.2. The van der Waals surface area contributed by atoms with Gasteiger partial charge in [-0.2, -0.15) is 9.97 Å². The second-order valence-corrected chi connectivity index (χ2v) is 10.6. The number of unbranched alkanes of at least 4 members (excludes halogenated alkanes) is 1. The molecule has 7 nitrogen and oxygen atoms in total. The van der Waals surface area contributed by atoms with Crippen molar-refractivity contribution in [1.29, 1.82) is 0 Å². The van der Waals surface area contributed by atoms with Crippen LogP contribution in [0.15, 0.2) is 60.9 Å². The van der Waals surface area contributed by atoms with Crippen molar-refractivity contribution < 1.29 is 44.1 Å². The molecule has 1 fully saturated rings. The Morgan fingerprint density at radius 3 is 2.36 bits per heavy atom. The van der Waals surface area contributed by atoms with Crippen molar-refractivity contribution >= 4 is 22.9 Å². The van der Waals surface area contributed by atoms with Gasteiger partial charge in [0, 0.05) is 62.7 Å². The molecular weight excluding hydrogens is 697 g/mol. The van der Waals surface area contributed by atoms with Crippen molar-refractivity contribution in [2.45, 2.75) is 84.0 Å². The van der Waals surface area contributed by atoms with Crippen LogP contribution in [-0.2, 0) is 6.54 Å². The monoisotopic (exact) mass is 737 g/mol. The molecule has 2 aromatic carbocycles. The van der Waals surface area contributed by atoms with Gasteiger partial charge >= 0.3 is 0 Å². The smallest absolute Gasteiger partial charge is 0.227 e. The van der Waals surface area contributed by atoms with Crippen LogP contribution in [0.4, 0.5) is 11.8 Å². The molecule has 1 aliphatic rings. The maximum Gasteiger partial charge on any atom is 0.227 e. The number of fused-ring (bicyclic) bond motifs is 1. The predicted octanol–water partition coefficient (Wildman–Crippen LogP) is 7.58. The van der Waals surface area contributed by atoms with E-state index in [-0.39, 0.29) is 50.1 Å². The van der Waals surface area contributed by atoms with E-state index >= 15 is 0 Å². The Labute approximate surface area is 268 Å². The van der Waals surface area contributed by atoms with Gasteiger partial charge in [-0.1, -0.05) is 87.2 Å². The fraction of sp³-hybridized carbons (Fsp3) is 0.452. The van der Waals surface area contributed by atoms with Gasteiger partial charge in [-0.15, -0.1) is 12.6 Å². The number of nitrogens with zero attached hydrogens (tertiary/aromatic N) is 5. The predicted molar refractivity (Wildman–Crippen MR) is 158 cm³/mol. The Morgan fingerprint density at radius 2 is 1.67 bits per heavy atom. The Morgan fingerprint density at radius 1 is 0.949 bits per heavy atom. The first-order valence-electron chi connectivity index (χ1n) is 14.2. The molecule has 1 radical (unpaired) electrons. The number of imidazole rings is 1. The fourth-order valence-electron chi connectivity index (χ4n) is 5.13. The quantitative estimate of drug-likeness (QED) is 0.155. The van der Waals surface area contributed by atoms with Crippen LogP contribution in [0, 0.1) is 44.1 Å². The molecule has 1 saturated carbocycles. The molecule has 0 unspecified atom stereocenters. The molecule has 2 N–H and O–H groups in total. The zero-order valence-electron chi connectivity index (χ0n) is 23.5. The van der Waals surface area contributed by atoms with Crippen LogP contribution in [0.2, 0.25) is 0 Å². The van der Waals surface area contributed by atoms with Crippen LogP contribution in [0.1, 0.15) is 70.9 Å². The number of hydrogen-bond donors (Lipinski definition) is 2. The SMILES string of the molecule is CCCC[N-]C1CCC(Nc2nc(NCc3ccc(-c4ccccc4)cc3)c3ncn(C(C)C)c3n2)CC1.[Ac]. The summed E-state index contributed by atoms with van der Waals surface area (Å²) in [7, 11) is 0. The van der Waals surface area contributed by atoms with E-state index in [1.54, 1.807) is 0 Å². The summed E-state index contributed by atoms with van der Waals surface area (Å²) in [6.45, 7) is 8.20. The molecule has 2 heterocycles. The average molecular weight is 738 g/mol. The largest absolute Gasteiger partial charge is 0.660 e. The van der Waals surface area contributed by atoms with Crippen molar-refractivity contribution in [1.82, 2.24) is 19.5 Å². The maximum absolute atomic E-state index is 4.91. The molecule has 5 rings (SSSR count). The minimum absolute atomic E-state index is 0. The molecule has 2 aromatic heterocycles. The summed E-state index contributed by atoms with van der Waals surface area (Å²) in [6.07, 6.45) is 8.75. The van der Waals surface area contributed by atoms with E-state index in [9.17, 15) is 0 Å². The van der Waals surface area contributed by atoms with E-state index in [4.69, 9.17) is 15.3 Å². The third kappa shape index (κ3) is 7.81.